The van der Waals surface area contributed by atoms with Crippen LogP contribution in [0.15, 0.2) is 6.33 Å². The van der Waals surface area contributed by atoms with Crippen LogP contribution in [0.5, 0.6) is 0 Å². The van der Waals surface area contributed by atoms with E-state index in [1.807, 2.05) is 13.8 Å². The first-order chi connectivity index (χ1) is 12.6. The molecule has 2 aromatic heterocycles. The van der Waals surface area contributed by atoms with Crippen molar-refractivity contribution >= 4 is 33.3 Å². The lowest BCUT2D eigenvalue weighted by atomic mass is 10.1. The molecule has 0 radical (unpaired) electrons. The van der Waals surface area contributed by atoms with E-state index in [2.05, 4.69) is 20.2 Å². The summed E-state index contributed by atoms with van der Waals surface area (Å²) in [4.78, 5) is 25.7. The summed E-state index contributed by atoms with van der Waals surface area (Å²) in [6.45, 7) is 6.48. The van der Waals surface area contributed by atoms with Crippen molar-refractivity contribution in [3.05, 3.63) is 16.8 Å². The molecule has 0 aromatic carbocycles. The summed E-state index contributed by atoms with van der Waals surface area (Å²) in [5.74, 6) is 0.920. The highest BCUT2D eigenvalue weighted by molar-refractivity contribution is 7.20. The second-order valence-corrected chi connectivity index (χ2v) is 8.02. The molecule has 142 valence electrons. The average Bonchev–Trinajstić information content (AvgIpc) is 2.92. The highest BCUT2D eigenvalue weighted by Gasteiger charge is 2.22. The lowest BCUT2D eigenvalue weighted by Gasteiger charge is -2.26. The summed E-state index contributed by atoms with van der Waals surface area (Å²) in [5, 5.41) is 4.03. The molecule has 0 spiro atoms. The maximum Gasteiger partial charge on any atom is 0.262 e. The summed E-state index contributed by atoms with van der Waals surface area (Å²) >= 11 is 1.45. The summed E-state index contributed by atoms with van der Waals surface area (Å²) in [7, 11) is 1.64. The third kappa shape index (κ3) is 4.15. The van der Waals surface area contributed by atoms with Gasteiger partial charge in [0.05, 0.1) is 16.9 Å². The van der Waals surface area contributed by atoms with Crippen LogP contribution in [0.3, 0.4) is 0 Å². The van der Waals surface area contributed by atoms with Gasteiger partial charge in [0.1, 0.15) is 17.0 Å². The zero-order valence-corrected chi connectivity index (χ0v) is 16.7. The molecule has 3 heterocycles. The number of fused-ring (bicyclic) bond motifs is 1. The zero-order chi connectivity index (χ0) is 18.5. The molecule has 1 aliphatic heterocycles. The molecule has 0 bridgehead atoms. The molecular weight excluding hydrogens is 348 g/mol. The molecule has 1 saturated heterocycles. The van der Waals surface area contributed by atoms with Crippen molar-refractivity contribution in [1.29, 1.82) is 0 Å². The first-order valence-corrected chi connectivity index (χ1v) is 10.2. The van der Waals surface area contributed by atoms with E-state index in [0.29, 0.717) is 6.61 Å². The Kier molecular flexibility index (Phi) is 6.43. The molecule has 0 unspecified atom stereocenters. The molecule has 0 aliphatic carbocycles. The van der Waals surface area contributed by atoms with Crippen molar-refractivity contribution in [2.24, 2.45) is 0 Å². The number of aryl methyl sites for hydroxylation is 1. The number of carbonyl (C=O) groups excluding carboxylic acids is 1. The van der Waals surface area contributed by atoms with E-state index in [1.165, 1.54) is 43.4 Å². The molecule has 0 saturated carbocycles. The molecule has 1 amide bonds. The maximum atomic E-state index is 12.7. The number of methoxy groups -OCH3 is 1. The van der Waals surface area contributed by atoms with Crippen LogP contribution in [0.2, 0.25) is 0 Å². The number of hydrogen-bond donors (Lipinski definition) is 1. The Bertz CT molecular complexity index is 753. The molecule has 6 nitrogen and oxygen atoms in total. The molecule has 7 heteroatoms. The van der Waals surface area contributed by atoms with Gasteiger partial charge in [0.25, 0.3) is 5.91 Å². The number of nitrogens with zero attached hydrogens (tertiary/aromatic N) is 3. The van der Waals surface area contributed by atoms with Gasteiger partial charge in [-0.2, -0.15) is 0 Å². The van der Waals surface area contributed by atoms with E-state index in [9.17, 15) is 4.79 Å². The van der Waals surface area contributed by atoms with Gasteiger partial charge in [-0.05, 0) is 32.3 Å². The number of hydrogen-bond acceptors (Lipinski definition) is 6. The van der Waals surface area contributed by atoms with Crippen LogP contribution >= 0.6 is 11.3 Å². The van der Waals surface area contributed by atoms with Crippen LogP contribution in [0.25, 0.3) is 10.2 Å². The average molecular weight is 377 g/mol. The summed E-state index contributed by atoms with van der Waals surface area (Å²) in [6.07, 6.45) is 7.89. The summed E-state index contributed by atoms with van der Waals surface area (Å²) in [6, 6.07) is -0.0305. The molecule has 1 atom stereocenters. The first kappa shape index (κ1) is 19.0. The Hall–Kier alpha value is -1.73. The van der Waals surface area contributed by atoms with Gasteiger partial charge in [0, 0.05) is 26.2 Å². The Morgan fingerprint density at radius 2 is 1.96 bits per heavy atom. The van der Waals surface area contributed by atoms with Gasteiger partial charge in [-0.1, -0.05) is 19.3 Å². The van der Waals surface area contributed by atoms with Crippen molar-refractivity contribution < 1.29 is 9.53 Å². The van der Waals surface area contributed by atoms with E-state index in [1.54, 1.807) is 13.4 Å². The molecule has 1 N–H and O–H groups in total. The molecule has 2 aromatic rings. The van der Waals surface area contributed by atoms with E-state index in [0.717, 1.165) is 39.6 Å². The highest BCUT2D eigenvalue weighted by atomic mass is 32.1. The Balaban J connectivity index is 1.92. The molecule has 3 rings (SSSR count). The van der Waals surface area contributed by atoms with E-state index < -0.39 is 0 Å². The van der Waals surface area contributed by atoms with Crippen LogP contribution in [-0.2, 0) is 4.74 Å². The maximum absolute atomic E-state index is 12.7. The number of nitrogens with one attached hydrogen (secondary N) is 1. The number of aromatic nitrogens is 2. The highest BCUT2D eigenvalue weighted by Crippen LogP contribution is 2.35. The normalized spacial score (nSPS) is 17.0. The van der Waals surface area contributed by atoms with Crippen LogP contribution in [0, 0.1) is 6.92 Å². The third-order valence-electron chi connectivity index (χ3n) is 4.86. The molecule has 1 fully saturated rings. The van der Waals surface area contributed by atoms with Gasteiger partial charge in [-0.15, -0.1) is 11.3 Å². The van der Waals surface area contributed by atoms with Crippen LogP contribution < -0.4 is 10.2 Å². The van der Waals surface area contributed by atoms with Crippen molar-refractivity contribution in [1.82, 2.24) is 15.3 Å². The molecule has 26 heavy (non-hydrogen) atoms. The van der Waals surface area contributed by atoms with E-state index >= 15 is 0 Å². The van der Waals surface area contributed by atoms with Gasteiger partial charge in [0.2, 0.25) is 0 Å². The Labute approximate surface area is 159 Å². The largest absolute Gasteiger partial charge is 0.383 e. The van der Waals surface area contributed by atoms with Crippen molar-refractivity contribution in [3.8, 4) is 0 Å². The standard InChI is InChI=1S/C19H28N4O2S/c1-13(11-25-3)22-18(24)16-14(2)15-17(20-12-21-19(15)26-16)23-9-7-5-4-6-8-10-23/h12-13H,4-11H2,1-3H3,(H,22,24)/t13-/m0/s1. The SMILES string of the molecule is COC[C@H](C)NC(=O)c1sc2ncnc(N3CCCCCCC3)c2c1C. The number of rotatable bonds is 5. The minimum absolute atomic E-state index is 0.0305. The van der Waals surface area contributed by atoms with Crippen molar-refractivity contribution in [3.63, 3.8) is 0 Å². The molecule has 1 aliphatic rings. The van der Waals surface area contributed by atoms with Crippen molar-refractivity contribution in [2.45, 2.75) is 52.0 Å². The van der Waals surface area contributed by atoms with Gasteiger partial charge < -0.3 is 15.0 Å². The quantitative estimate of drug-likeness (QED) is 0.864. The molecular formula is C19H28N4O2S. The fourth-order valence-corrected chi connectivity index (χ4v) is 4.60. The monoisotopic (exact) mass is 376 g/mol. The second kappa shape index (κ2) is 8.77. The first-order valence-electron chi connectivity index (χ1n) is 9.40. The Morgan fingerprint density at radius 1 is 1.27 bits per heavy atom. The van der Waals surface area contributed by atoms with Gasteiger partial charge in [-0.3, -0.25) is 4.79 Å². The zero-order valence-electron chi connectivity index (χ0n) is 15.9. The third-order valence-corrected chi connectivity index (χ3v) is 6.06. The summed E-state index contributed by atoms with van der Waals surface area (Å²) < 4.78 is 5.11. The lowest BCUT2D eigenvalue weighted by molar-refractivity contribution is 0.0909. The fourth-order valence-electron chi connectivity index (χ4n) is 3.55. The second-order valence-electron chi connectivity index (χ2n) is 7.02. The van der Waals surface area contributed by atoms with Crippen LogP contribution in [-0.4, -0.2) is 48.7 Å². The number of ether oxygens (including phenoxy) is 1. The summed E-state index contributed by atoms with van der Waals surface area (Å²) in [5.41, 5.74) is 0.977. The lowest BCUT2D eigenvalue weighted by Crippen LogP contribution is -2.35. The Morgan fingerprint density at radius 3 is 2.65 bits per heavy atom. The van der Waals surface area contributed by atoms with Gasteiger partial charge in [-0.25, -0.2) is 9.97 Å². The number of amides is 1. The fraction of sp³-hybridized carbons (Fsp3) is 0.632. The predicted octanol–water partition coefficient (Wildman–Crippen LogP) is 3.53. The van der Waals surface area contributed by atoms with Gasteiger partial charge >= 0.3 is 0 Å². The predicted molar refractivity (Wildman–Crippen MR) is 106 cm³/mol. The minimum atomic E-state index is -0.0614. The number of carbonyl (C=O) groups is 1. The van der Waals surface area contributed by atoms with Crippen molar-refractivity contribution in [2.75, 3.05) is 31.7 Å². The van der Waals surface area contributed by atoms with E-state index in [4.69, 9.17) is 4.74 Å². The topological polar surface area (TPSA) is 67.3 Å². The number of thiophene rings is 1. The van der Waals surface area contributed by atoms with Gasteiger partial charge in [0.15, 0.2) is 0 Å². The minimum Gasteiger partial charge on any atom is -0.383 e. The van der Waals surface area contributed by atoms with E-state index in [-0.39, 0.29) is 11.9 Å². The smallest absolute Gasteiger partial charge is 0.262 e. The van der Waals surface area contributed by atoms with Crippen LogP contribution in [0.4, 0.5) is 5.82 Å². The number of anilines is 1. The van der Waals surface area contributed by atoms with Crippen LogP contribution in [0.1, 0.15) is 54.3 Å².